The largest absolute Gasteiger partial charge is 0.387 e. The van der Waals surface area contributed by atoms with Crippen LogP contribution in [-0.4, -0.2) is 23.6 Å². The van der Waals surface area contributed by atoms with Crippen LogP contribution in [0.25, 0.3) is 0 Å². The molecular weight excluding hydrogens is 318 g/mol. The molecule has 25 heavy (non-hydrogen) atoms. The molecule has 6 heteroatoms. The van der Waals surface area contributed by atoms with Gasteiger partial charge in [-0.15, -0.1) is 0 Å². The van der Waals surface area contributed by atoms with Gasteiger partial charge in [0.15, 0.2) is 6.10 Å². The highest BCUT2D eigenvalue weighted by Crippen LogP contribution is 2.26. The van der Waals surface area contributed by atoms with Crippen molar-refractivity contribution in [1.82, 2.24) is 5.32 Å². The lowest BCUT2D eigenvalue weighted by atomic mass is 10.0. The number of oxime groups is 1. The van der Waals surface area contributed by atoms with Crippen LogP contribution in [0.2, 0.25) is 0 Å². The molecule has 0 fully saturated rings. The Bertz CT molecular complexity index is 775. The molecule has 0 spiro atoms. The molecule has 2 aromatic rings. The number of nitrogens with zero attached hydrogens (tertiary/aromatic N) is 1. The highest BCUT2D eigenvalue weighted by atomic mass is 16.6. The summed E-state index contributed by atoms with van der Waals surface area (Å²) in [7, 11) is 0. The van der Waals surface area contributed by atoms with Gasteiger partial charge in [0.05, 0.1) is 0 Å². The molecule has 1 aliphatic heterocycles. The first-order chi connectivity index (χ1) is 12.1. The van der Waals surface area contributed by atoms with Gasteiger partial charge in [0.1, 0.15) is 11.8 Å². The molecule has 2 unspecified atom stereocenters. The molecule has 0 saturated carbocycles. The maximum atomic E-state index is 12.4. The third-order valence-corrected chi connectivity index (χ3v) is 4.03. The van der Waals surface area contributed by atoms with Gasteiger partial charge in [-0.1, -0.05) is 65.8 Å². The first-order valence-electron chi connectivity index (χ1n) is 8.05. The Kier molecular flexibility index (Phi) is 5.09. The molecule has 0 aromatic heterocycles. The highest BCUT2D eigenvalue weighted by Gasteiger charge is 2.29. The summed E-state index contributed by atoms with van der Waals surface area (Å²) >= 11 is 0. The van der Waals surface area contributed by atoms with Gasteiger partial charge in [-0.25, -0.2) is 0 Å². The summed E-state index contributed by atoms with van der Waals surface area (Å²) in [5.41, 5.74) is 7.55. The molecule has 2 amide bonds. The second-order valence-electron chi connectivity index (χ2n) is 5.86. The van der Waals surface area contributed by atoms with Crippen LogP contribution in [0.3, 0.4) is 0 Å². The molecule has 0 radical (unpaired) electrons. The fourth-order valence-electron chi connectivity index (χ4n) is 2.67. The Morgan fingerprint density at radius 2 is 1.76 bits per heavy atom. The van der Waals surface area contributed by atoms with E-state index in [2.05, 4.69) is 10.5 Å². The molecule has 2 atom stereocenters. The molecule has 128 valence electrons. The van der Waals surface area contributed by atoms with Crippen molar-refractivity contribution in [2.24, 2.45) is 10.9 Å². The summed E-state index contributed by atoms with van der Waals surface area (Å²) in [6.07, 6.45) is 0.397. The monoisotopic (exact) mass is 337 g/mol. The molecule has 6 nitrogen and oxygen atoms in total. The predicted octanol–water partition coefficient (Wildman–Crippen LogP) is 1.72. The molecule has 1 aliphatic rings. The van der Waals surface area contributed by atoms with Crippen LogP contribution in [0.1, 0.15) is 23.7 Å². The Balaban J connectivity index is 1.61. The number of hydrogen-bond acceptors (Lipinski definition) is 4. The van der Waals surface area contributed by atoms with Crippen LogP contribution in [0.4, 0.5) is 0 Å². The van der Waals surface area contributed by atoms with Gasteiger partial charge in [0, 0.05) is 12.8 Å². The fourth-order valence-corrected chi connectivity index (χ4v) is 2.67. The zero-order valence-corrected chi connectivity index (χ0v) is 13.6. The van der Waals surface area contributed by atoms with E-state index in [1.54, 1.807) is 0 Å². The van der Waals surface area contributed by atoms with Crippen LogP contribution in [0.15, 0.2) is 65.8 Å². The van der Waals surface area contributed by atoms with E-state index >= 15 is 0 Å². The van der Waals surface area contributed by atoms with Crippen LogP contribution in [0, 0.1) is 0 Å². The van der Waals surface area contributed by atoms with Gasteiger partial charge in [-0.3, -0.25) is 9.59 Å². The van der Waals surface area contributed by atoms with Crippen LogP contribution < -0.4 is 11.1 Å². The van der Waals surface area contributed by atoms with Crippen molar-refractivity contribution >= 4 is 17.5 Å². The topological polar surface area (TPSA) is 93.8 Å². The standard InChI is InChI=1S/C19H19N3O3/c20-18(23)15(11-13-7-3-1-4-8-13)21-19(24)16-12-17(25-22-16)14-9-5-2-6-10-14/h1-10,15,17H,11-12H2,(H2,20,23)(H,21,24). The second kappa shape index (κ2) is 7.61. The van der Waals surface area contributed by atoms with Crippen molar-refractivity contribution in [3.05, 3.63) is 71.8 Å². The number of carbonyl (C=O) groups is 2. The summed E-state index contributed by atoms with van der Waals surface area (Å²) in [5.74, 6) is -1.02. The zero-order valence-electron chi connectivity index (χ0n) is 13.6. The lowest BCUT2D eigenvalue weighted by Gasteiger charge is -2.15. The summed E-state index contributed by atoms with van der Waals surface area (Å²) in [4.78, 5) is 29.4. The Morgan fingerprint density at radius 1 is 1.12 bits per heavy atom. The Morgan fingerprint density at radius 3 is 2.40 bits per heavy atom. The van der Waals surface area contributed by atoms with Crippen molar-refractivity contribution in [2.75, 3.05) is 0 Å². The van der Waals surface area contributed by atoms with Gasteiger partial charge in [-0.05, 0) is 11.1 Å². The first-order valence-corrected chi connectivity index (χ1v) is 8.05. The smallest absolute Gasteiger partial charge is 0.269 e. The second-order valence-corrected chi connectivity index (χ2v) is 5.86. The third-order valence-electron chi connectivity index (χ3n) is 4.03. The van der Waals surface area contributed by atoms with E-state index in [9.17, 15) is 9.59 Å². The van der Waals surface area contributed by atoms with E-state index in [1.165, 1.54) is 0 Å². The number of carbonyl (C=O) groups excluding carboxylic acids is 2. The van der Waals surface area contributed by atoms with E-state index in [4.69, 9.17) is 10.6 Å². The van der Waals surface area contributed by atoms with E-state index in [0.29, 0.717) is 12.8 Å². The number of primary amides is 1. The molecular formula is C19H19N3O3. The van der Waals surface area contributed by atoms with Gasteiger partial charge in [0.2, 0.25) is 5.91 Å². The van der Waals surface area contributed by atoms with Crippen LogP contribution in [-0.2, 0) is 20.8 Å². The number of rotatable bonds is 6. The molecule has 3 N–H and O–H groups in total. The normalized spacial score (nSPS) is 17.3. The number of benzene rings is 2. The van der Waals surface area contributed by atoms with Crippen molar-refractivity contribution < 1.29 is 14.4 Å². The number of hydrogen-bond donors (Lipinski definition) is 2. The van der Waals surface area contributed by atoms with E-state index in [1.807, 2.05) is 60.7 Å². The van der Waals surface area contributed by atoms with Crippen LogP contribution >= 0.6 is 0 Å². The minimum Gasteiger partial charge on any atom is -0.387 e. The summed E-state index contributed by atoms with van der Waals surface area (Å²) in [6, 6.07) is 18.1. The lowest BCUT2D eigenvalue weighted by Crippen LogP contribution is -2.48. The molecule has 1 heterocycles. The van der Waals surface area contributed by atoms with Crippen molar-refractivity contribution in [3.8, 4) is 0 Å². The van der Waals surface area contributed by atoms with Gasteiger partial charge >= 0.3 is 0 Å². The van der Waals surface area contributed by atoms with Crippen molar-refractivity contribution in [3.63, 3.8) is 0 Å². The maximum absolute atomic E-state index is 12.4. The average Bonchev–Trinajstić information content (AvgIpc) is 3.13. The zero-order chi connectivity index (χ0) is 17.6. The number of amides is 2. The molecule has 3 rings (SSSR count). The van der Waals surface area contributed by atoms with E-state index < -0.39 is 17.9 Å². The number of nitrogens with two attached hydrogens (primary N) is 1. The number of nitrogens with one attached hydrogen (secondary N) is 1. The SMILES string of the molecule is NC(=O)C(Cc1ccccc1)NC(=O)C1=NOC(c2ccccc2)C1. The predicted molar refractivity (Wildman–Crippen MR) is 93.6 cm³/mol. The minimum absolute atomic E-state index is 0.258. The van der Waals surface area contributed by atoms with E-state index in [0.717, 1.165) is 11.1 Å². The molecule has 0 aliphatic carbocycles. The molecule has 2 aromatic carbocycles. The van der Waals surface area contributed by atoms with Crippen LogP contribution in [0.5, 0.6) is 0 Å². The summed E-state index contributed by atoms with van der Waals surface area (Å²) < 4.78 is 0. The average molecular weight is 337 g/mol. The summed E-state index contributed by atoms with van der Waals surface area (Å²) in [6.45, 7) is 0. The van der Waals surface area contributed by atoms with Crippen molar-refractivity contribution in [2.45, 2.75) is 25.0 Å². The van der Waals surface area contributed by atoms with Gasteiger partial charge < -0.3 is 15.9 Å². The third kappa shape index (κ3) is 4.23. The first kappa shape index (κ1) is 16.7. The minimum atomic E-state index is -0.798. The maximum Gasteiger partial charge on any atom is 0.269 e. The Labute approximate surface area is 145 Å². The van der Waals surface area contributed by atoms with E-state index in [-0.39, 0.29) is 11.8 Å². The lowest BCUT2D eigenvalue weighted by molar-refractivity contribution is -0.124. The van der Waals surface area contributed by atoms with Crippen molar-refractivity contribution in [1.29, 1.82) is 0 Å². The molecule has 0 bridgehead atoms. The molecule has 0 saturated heterocycles. The highest BCUT2D eigenvalue weighted by molar-refractivity contribution is 6.39. The van der Waals surface area contributed by atoms with Gasteiger partial charge in [-0.2, -0.15) is 0 Å². The quantitative estimate of drug-likeness (QED) is 0.840. The summed E-state index contributed by atoms with van der Waals surface area (Å²) in [5, 5.41) is 6.52. The fraction of sp³-hybridized carbons (Fsp3) is 0.211. The van der Waals surface area contributed by atoms with Gasteiger partial charge in [0.25, 0.3) is 5.91 Å². The Hall–Kier alpha value is -3.15.